The first-order chi connectivity index (χ1) is 6.77. The van der Waals surface area contributed by atoms with Crippen LogP contribution < -0.4 is 4.90 Å². The van der Waals surface area contributed by atoms with Gasteiger partial charge in [0.15, 0.2) is 0 Å². The van der Waals surface area contributed by atoms with Crippen LogP contribution >= 0.6 is 0 Å². The van der Waals surface area contributed by atoms with Crippen molar-refractivity contribution < 1.29 is 0 Å². The third-order valence-electron chi connectivity index (χ3n) is 2.37. The fraction of sp³-hybridized carbons (Fsp3) is 0.250. The summed E-state index contributed by atoms with van der Waals surface area (Å²) in [5, 5.41) is 0. The van der Waals surface area contributed by atoms with Crippen molar-refractivity contribution in [3.8, 4) is 0 Å². The Kier molecular flexibility index (Phi) is 2.35. The average molecular weight is 186 g/mol. The van der Waals surface area contributed by atoms with Gasteiger partial charge in [-0.2, -0.15) is 0 Å². The molecule has 1 aliphatic rings. The Bertz CT molecular complexity index is 377. The van der Waals surface area contributed by atoms with Crippen LogP contribution in [0.2, 0.25) is 0 Å². The van der Waals surface area contributed by atoms with Crippen molar-refractivity contribution in [3.05, 3.63) is 42.1 Å². The van der Waals surface area contributed by atoms with Crippen molar-refractivity contribution >= 4 is 11.4 Å². The molecule has 0 aromatic heterocycles. The molecule has 0 saturated carbocycles. The molecular formula is C12H14N2. The van der Waals surface area contributed by atoms with Crippen LogP contribution in [0.4, 0.5) is 5.69 Å². The maximum Gasteiger partial charge on any atom is 0.114 e. The first-order valence-corrected chi connectivity index (χ1v) is 4.79. The molecule has 0 fully saturated rings. The fourth-order valence-corrected chi connectivity index (χ4v) is 1.61. The quantitative estimate of drug-likeness (QED) is 0.658. The molecule has 0 radical (unpaired) electrons. The summed E-state index contributed by atoms with van der Waals surface area (Å²) in [6, 6.07) is 10.3. The average Bonchev–Trinajstić information content (AvgIpc) is 2.19. The van der Waals surface area contributed by atoms with E-state index < -0.39 is 0 Å². The Morgan fingerprint density at radius 3 is 2.50 bits per heavy atom. The number of hydrogen-bond donors (Lipinski definition) is 0. The lowest BCUT2D eigenvalue weighted by molar-refractivity contribution is 0.908. The second kappa shape index (κ2) is 3.66. The lowest BCUT2D eigenvalue weighted by Gasteiger charge is -2.26. The van der Waals surface area contributed by atoms with E-state index in [9.17, 15) is 0 Å². The lowest BCUT2D eigenvalue weighted by atomic mass is 10.2. The topological polar surface area (TPSA) is 15.6 Å². The summed E-state index contributed by atoms with van der Waals surface area (Å²) < 4.78 is 0. The second-order valence-electron chi connectivity index (χ2n) is 3.49. The van der Waals surface area contributed by atoms with E-state index in [2.05, 4.69) is 35.0 Å². The number of hydrogen-bond acceptors (Lipinski definition) is 2. The molecule has 0 atom stereocenters. The van der Waals surface area contributed by atoms with Gasteiger partial charge < -0.3 is 4.90 Å². The van der Waals surface area contributed by atoms with Crippen LogP contribution in [-0.2, 0) is 0 Å². The monoisotopic (exact) mass is 186 g/mol. The minimum atomic E-state index is 0.734. The molecule has 72 valence electrons. The molecule has 0 spiro atoms. The Balaban J connectivity index is 2.27. The minimum Gasteiger partial charge on any atom is -0.325 e. The summed E-state index contributed by atoms with van der Waals surface area (Å²) in [6.07, 6.45) is 2.11. The predicted octanol–water partition coefficient (Wildman–Crippen LogP) is 2.83. The maximum absolute atomic E-state index is 4.40. The van der Waals surface area contributed by atoms with Gasteiger partial charge in [0, 0.05) is 17.1 Å². The fourth-order valence-electron chi connectivity index (χ4n) is 1.61. The van der Waals surface area contributed by atoms with E-state index in [4.69, 9.17) is 0 Å². The van der Waals surface area contributed by atoms with E-state index >= 15 is 0 Å². The lowest BCUT2D eigenvalue weighted by Crippen LogP contribution is -2.25. The molecule has 1 aromatic carbocycles. The van der Waals surface area contributed by atoms with Crippen LogP contribution in [0, 0.1) is 0 Å². The van der Waals surface area contributed by atoms with Crippen LogP contribution in [0.5, 0.6) is 0 Å². The molecule has 0 amide bonds. The molecular weight excluding hydrogens is 172 g/mol. The maximum atomic E-state index is 4.40. The number of anilines is 1. The summed E-state index contributed by atoms with van der Waals surface area (Å²) in [6.45, 7) is 4.88. The molecule has 0 aliphatic carbocycles. The zero-order valence-corrected chi connectivity index (χ0v) is 8.57. The van der Waals surface area contributed by atoms with E-state index in [1.807, 2.05) is 25.1 Å². The molecule has 0 N–H and O–H groups in total. The number of aliphatic imine (C=N–C) groups is 1. The van der Waals surface area contributed by atoms with E-state index in [0.29, 0.717) is 0 Å². The van der Waals surface area contributed by atoms with Crippen LogP contribution in [0.15, 0.2) is 47.1 Å². The molecule has 0 bridgehead atoms. The van der Waals surface area contributed by atoms with Crippen LogP contribution in [-0.4, -0.2) is 12.4 Å². The Morgan fingerprint density at radius 2 is 1.86 bits per heavy atom. The minimum absolute atomic E-state index is 0.734. The Labute approximate surface area is 84.6 Å². The van der Waals surface area contributed by atoms with Crippen molar-refractivity contribution in [2.24, 2.45) is 4.99 Å². The third kappa shape index (κ3) is 1.69. The summed E-state index contributed by atoms with van der Waals surface area (Å²) in [5.41, 5.74) is 3.57. The van der Waals surface area contributed by atoms with E-state index in [-0.39, 0.29) is 0 Å². The summed E-state index contributed by atoms with van der Waals surface area (Å²) in [4.78, 5) is 6.61. The number of rotatable bonds is 1. The van der Waals surface area contributed by atoms with Gasteiger partial charge in [-0.3, -0.25) is 4.99 Å². The van der Waals surface area contributed by atoms with Gasteiger partial charge >= 0.3 is 0 Å². The molecule has 1 aromatic rings. The summed E-state index contributed by atoms with van der Waals surface area (Å²) >= 11 is 0. The van der Waals surface area contributed by atoms with Gasteiger partial charge in [0.1, 0.15) is 6.67 Å². The van der Waals surface area contributed by atoms with Crippen LogP contribution in [0.25, 0.3) is 0 Å². The second-order valence-corrected chi connectivity index (χ2v) is 3.49. The molecule has 2 nitrogen and oxygen atoms in total. The zero-order valence-electron chi connectivity index (χ0n) is 8.57. The summed E-state index contributed by atoms with van der Waals surface area (Å²) in [7, 11) is 0. The van der Waals surface area contributed by atoms with E-state index in [1.54, 1.807) is 0 Å². The highest BCUT2D eigenvalue weighted by Crippen LogP contribution is 2.20. The van der Waals surface area contributed by atoms with E-state index in [1.165, 1.54) is 11.4 Å². The largest absolute Gasteiger partial charge is 0.325 e. The number of allylic oxidation sites excluding steroid dienone is 2. The number of benzene rings is 1. The van der Waals surface area contributed by atoms with Crippen molar-refractivity contribution in [2.45, 2.75) is 13.8 Å². The van der Waals surface area contributed by atoms with Crippen LogP contribution in [0.1, 0.15) is 13.8 Å². The van der Waals surface area contributed by atoms with Crippen molar-refractivity contribution in [1.29, 1.82) is 0 Å². The highest BCUT2D eigenvalue weighted by molar-refractivity contribution is 5.94. The van der Waals surface area contributed by atoms with Crippen LogP contribution in [0.3, 0.4) is 0 Å². The predicted molar refractivity (Wildman–Crippen MR) is 60.7 cm³/mol. The standard InChI is InChI=1S/C12H14N2/c1-10-8-11(2)14(9-13-10)12-6-4-3-5-7-12/h3-8H,9H2,1-2H3. The van der Waals surface area contributed by atoms with Crippen molar-refractivity contribution in [2.75, 3.05) is 11.6 Å². The number of para-hydroxylation sites is 1. The van der Waals surface area contributed by atoms with Gasteiger partial charge in [-0.1, -0.05) is 18.2 Å². The van der Waals surface area contributed by atoms with E-state index in [0.717, 1.165) is 12.4 Å². The van der Waals surface area contributed by atoms with Crippen molar-refractivity contribution in [1.82, 2.24) is 0 Å². The Hall–Kier alpha value is -1.57. The molecule has 0 saturated heterocycles. The smallest absolute Gasteiger partial charge is 0.114 e. The first-order valence-electron chi connectivity index (χ1n) is 4.79. The SMILES string of the molecule is CC1=CC(C)=NCN1c1ccccc1. The van der Waals surface area contributed by atoms with Crippen molar-refractivity contribution in [3.63, 3.8) is 0 Å². The zero-order chi connectivity index (χ0) is 9.97. The van der Waals surface area contributed by atoms with Gasteiger partial charge in [0.2, 0.25) is 0 Å². The molecule has 0 unspecified atom stereocenters. The highest BCUT2D eigenvalue weighted by Gasteiger charge is 2.10. The van der Waals surface area contributed by atoms with Gasteiger partial charge in [-0.05, 0) is 32.1 Å². The van der Waals surface area contributed by atoms with Gasteiger partial charge in [-0.25, -0.2) is 0 Å². The van der Waals surface area contributed by atoms with Gasteiger partial charge in [0.05, 0.1) is 0 Å². The Morgan fingerprint density at radius 1 is 1.14 bits per heavy atom. The molecule has 1 aliphatic heterocycles. The number of nitrogens with zero attached hydrogens (tertiary/aromatic N) is 2. The summed E-state index contributed by atoms with van der Waals surface area (Å²) in [5.74, 6) is 0. The molecule has 14 heavy (non-hydrogen) atoms. The molecule has 2 heteroatoms. The first kappa shape index (κ1) is 9.00. The van der Waals surface area contributed by atoms with Gasteiger partial charge in [-0.15, -0.1) is 0 Å². The normalized spacial score (nSPS) is 16.3. The molecule has 1 heterocycles. The third-order valence-corrected chi connectivity index (χ3v) is 2.37. The highest BCUT2D eigenvalue weighted by atomic mass is 15.2. The van der Waals surface area contributed by atoms with Gasteiger partial charge in [0.25, 0.3) is 0 Å². The molecule has 2 rings (SSSR count).